The van der Waals surface area contributed by atoms with Crippen LogP contribution in [0.15, 0.2) is 35.7 Å². The predicted octanol–water partition coefficient (Wildman–Crippen LogP) is 3.48. The number of rotatable bonds is 4. The van der Waals surface area contributed by atoms with Gasteiger partial charge in [-0.15, -0.1) is 11.3 Å². The van der Waals surface area contributed by atoms with Crippen molar-refractivity contribution in [1.29, 1.82) is 0 Å². The minimum atomic E-state index is 0.576. The molecule has 0 unspecified atom stereocenters. The number of imidazole rings is 1. The van der Waals surface area contributed by atoms with Gasteiger partial charge in [0.1, 0.15) is 5.82 Å². The minimum Gasteiger partial charge on any atom is -0.326 e. The smallest absolute Gasteiger partial charge is 0.115 e. The summed E-state index contributed by atoms with van der Waals surface area (Å²) in [5.74, 6) is 1.19. The topological polar surface area (TPSA) is 43.8 Å². The molecule has 1 aromatic carbocycles. The molecular weight excluding hydrogens is 266 g/mol. The Morgan fingerprint density at radius 3 is 2.90 bits per heavy atom. The van der Waals surface area contributed by atoms with Gasteiger partial charge in [-0.3, -0.25) is 0 Å². The Hall–Kier alpha value is -1.65. The maximum Gasteiger partial charge on any atom is 0.115 e. The lowest BCUT2D eigenvalue weighted by Gasteiger charge is -2.06. The van der Waals surface area contributed by atoms with Crippen molar-refractivity contribution in [1.82, 2.24) is 9.55 Å². The monoisotopic (exact) mass is 283 g/mol. The maximum absolute atomic E-state index is 5.73. The number of nitrogens with two attached hydrogens (primary N) is 1. The third kappa shape index (κ3) is 2.05. The Labute approximate surface area is 122 Å². The zero-order valence-corrected chi connectivity index (χ0v) is 12.1. The summed E-state index contributed by atoms with van der Waals surface area (Å²) in [6.45, 7) is 0.576. The molecule has 1 aliphatic carbocycles. The number of thiophene rings is 1. The molecule has 0 bridgehead atoms. The molecule has 102 valence electrons. The molecule has 1 saturated carbocycles. The summed E-state index contributed by atoms with van der Waals surface area (Å²) in [5, 5.41) is 2.13. The van der Waals surface area contributed by atoms with Crippen LogP contribution in [0.3, 0.4) is 0 Å². The van der Waals surface area contributed by atoms with Gasteiger partial charge in [0.2, 0.25) is 0 Å². The number of hydrogen-bond donors (Lipinski definition) is 1. The zero-order valence-electron chi connectivity index (χ0n) is 11.2. The van der Waals surface area contributed by atoms with E-state index in [1.54, 1.807) is 11.3 Å². The first-order valence-electron chi connectivity index (χ1n) is 7.07. The molecule has 0 spiro atoms. The van der Waals surface area contributed by atoms with Crippen molar-refractivity contribution in [2.45, 2.75) is 31.8 Å². The van der Waals surface area contributed by atoms with Crippen LogP contribution in [0, 0.1) is 0 Å². The molecule has 20 heavy (non-hydrogen) atoms. The molecule has 2 N–H and O–H groups in total. The Morgan fingerprint density at radius 2 is 2.20 bits per heavy atom. The highest BCUT2D eigenvalue weighted by Crippen LogP contribution is 2.39. The number of benzene rings is 1. The van der Waals surface area contributed by atoms with Crippen molar-refractivity contribution >= 4 is 22.4 Å². The molecular formula is C16H17N3S. The summed E-state index contributed by atoms with van der Waals surface area (Å²) in [6.07, 6.45) is 3.49. The Kier molecular flexibility index (Phi) is 2.86. The highest BCUT2D eigenvalue weighted by atomic mass is 32.1. The Morgan fingerprint density at radius 1 is 1.30 bits per heavy atom. The van der Waals surface area contributed by atoms with Crippen molar-refractivity contribution in [3.63, 3.8) is 0 Å². The van der Waals surface area contributed by atoms with Crippen LogP contribution in [0.4, 0.5) is 0 Å². The molecule has 4 heteroatoms. The second-order valence-electron chi connectivity index (χ2n) is 5.41. The quantitative estimate of drug-likeness (QED) is 0.796. The standard InChI is InChI=1S/C16H17N3S/c17-10-11-3-6-15-14(8-11)18-16(19(15)12-4-5-12)9-13-2-1-7-20-13/h1-3,6-8,12H,4-5,9-10,17H2. The lowest BCUT2D eigenvalue weighted by molar-refractivity contribution is 0.717. The van der Waals surface area contributed by atoms with Crippen LogP contribution < -0.4 is 5.73 Å². The molecule has 0 aliphatic heterocycles. The summed E-state index contributed by atoms with van der Waals surface area (Å²) >= 11 is 1.80. The summed E-state index contributed by atoms with van der Waals surface area (Å²) < 4.78 is 2.44. The van der Waals surface area contributed by atoms with Gasteiger partial charge in [-0.2, -0.15) is 0 Å². The van der Waals surface area contributed by atoms with Crippen LogP contribution in [-0.4, -0.2) is 9.55 Å². The van der Waals surface area contributed by atoms with Crippen LogP contribution in [0.1, 0.15) is 35.1 Å². The summed E-state index contributed by atoms with van der Waals surface area (Å²) in [5.41, 5.74) is 9.24. The fourth-order valence-electron chi connectivity index (χ4n) is 2.76. The van der Waals surface area contributed by atoms with E-state index in [0.717, 1.165) is 17.5 Å². The van der Waals surface area contributed by atoms with Gasteiger partial charge in [0, 0.05) is 23.9 Å². The molecule has 0 amide bonds. The summed E-state index contributed by atoms with van der Waals surface area (Å²) in [4.78, 5) is 6.25. The van der Waals surface area contributed by atoms with E-state index in [0.29, 0.717) is 12.6 Å². The van der Waals surface area contributed by atoms with Crippen molar-refractivity contribution in [3.8, 4) is 0 Å². The molecule has 0 atom stereocenters. The normalized spacial score (nSPS) is 15.1. The number of aromatic nitrogens is 2. The third-order valence-corrected chi connectivity index (χ3v) is 4.76. The van der Waals surface area contributed by atoms with E-state index in [-0.39, 0.29) is 0 Å². The van der Waals surface area contributed by atoms with Crippen molar-refractivity contribution < 1.29 is 0 Å². The molecule has 4 rings (SSSR count). The van der Waals surface area contributed by atoms with E-state index in [1.807, 2.05) is 0 Å². The Bertz CT molecular complexity index is 739. The second-order valence-corrected chi connectivity index (χ2v) is 6.44. The van der Waals surface area contributed by atoms with Crippen molar-refractivity contribution in [2.75, 3.05) is 0 Å². The van der Waals surface area contributed by atoms with Gasteiger partial charge in [0.05, 0.1) is 11.0 Å². The van der Waals surface area contributed by atoms with Gasteiger partial charge in [0.25, 0.3) is 0 Å². The van der Waals surface area contributed by atoms with Gasteiger partial charge < -0.3 is 10.3 Å². The predicted molar refractivity (Wildman–Crippen MR) is 83.0 cm³/mol. The summed E-state index contributed by atoms with van der Waals surface area (Å²) in [7, 11) is 0. The largest absolute Gasteiger partial charge is 0.326 e. The molecule has 3 aromatic rings. The molecule has 3 nitrogen and oxygen atoms in total. The first-order chi connectivity index (χ1) is 9.85. The second kappa shape index (κ2) is 4.72. The van der Waals surface area contributed by atoms with Gasteiger partial charge >= 0.3 is 0 Å². The number of hydrogen-bond acceptors (Lipinski definition) is 3. The fraction of sp³-hybridized carbons (Fsp3) is 0.312. The van der Waals surface area contributed by atoms with E-state index >= 15 is 0 Å². The highest BCUT2D eigenvalue weighted by molar-refractivity contribution is 7.09. The fourth-order valence-corrected chi connectivity index (χ4v) is 3.46. The first-order valence-corrected chi connectivity index (χ1v) is 7.95. The lowest BCUT2D eigenvalue weighted by atomic mass is 10.2. The molecule has 1 aliphatic rings. The SMILES string of the molecule is NCc1ccc2c(c1)nc(Cc1cccs1)n2C1CC1. The molecule has 1 fully saturated rings. The van der Waals surface area contributed by atoms with Gasteiger partial charge in [0.15, 0.2) is 0 Å². The average molecular weight is 283 g/mol. The van der Waals surface area contributed by atoms with E-state index in [4.69, 9.17) is 10.7 Å². The minimum absolute atomic E-state index is 0.576. The van der Waals surface area contributed by atoms with Gasteiger partial charge in [-0.05, 0) is 42.0 Å². The average Bonchev–Trinajstić information content (AvgIpc) is 3.05. The van der Waals surface area contributed by atoms with Gasteiger partial charge in [-0.25, -0.2) is 4.98 Å². The number of nitrogens with zero attached hydrogens (tertiary/aromatic N) is 2. The molecule has 2 aromatic heterocycles. The molecule has 0 radical (unpaired) electrons. The van der Waals surface area contributed by atoms with Crippen molar-refractivity contribution in [3.05, 3.63) is 52.0 Å². The first kappa shape index (κ1) is 12.1. The summed E-state index contributed by atoms with van der Waals surface area (Å²) in [6, 6.07) is 11.4. The maximum atomic E-state index is 5.73. The zero-order chi connectivity index (χ0) is 13.5. The molecule has 0 saturated heterocycles. The van der Waals surface area contributed by atoms with Crippen molar-refractivity contribution in [2.24, 2.45) is 5.73 Å². The number of fused-ring (bicyclic) bond motifs is 1. The molecule has 2 heterocycles. The highest BCUT2D eigenvalue weighted by Gasteiger charge is 2.28. The third-order valence-electron chi connectivity index (χ3n) is 3.89. The van der Waals surface area contributed by atoms with Crippen LogP contribution in [0.25, 0.3) is 11.0 Å². The van der Waals surface area contributed by atoms with E-state index < -0.39 is 0 Å². The van der Waals surface area contributed by atoms with E-state index in [1.165, 1.54) is 29.1 Å². The lowest BCUT2D eigenvalue weighted by Crippen LogP contribution is -2.01. The van der Waals surface area contributed by atoms with Crippen LogP contribution >= 0.6 is 11.3 Å². The van der Waals surface area contributed by atoms with E-state index in [9.17, 15) is 0 Å². The Balaban J connectivity index is 1.83. The van der Waals surface area contributed by atoms with Crippen LogP contribution in [0.2, 0.25) is 0 Å². The van der Waals surface area contributed by atoms with Crippen LogP contribution in [0.5, 0.6) is 0 Å². The van der Waals surface area contributed by atoms with Crippen LogP contribution in [-0.2, 0) is 13.0 Å². The van der Waals surface area contributed by atoms with Gasteiger partial charge in [-0.1, -0.05) is 12.1 Å². The van der Waals surface area contributed by atoms with E-state index in [2.05, 4.69) is 40.3 Å².